The highest BCUT2D eigenvalue weighted by molar-refractivity contribution is 6.00. The second-order valence-corrected chi connectivity index (χ2v) is 1.92. The Morgan fingerprint density at radius 1 is 1.70 bits per heavy atom. The van der Waals surface area contributed by atoms with Gasteiger partial charge in [0.2, 0.25) is 0 Å². The van der Waals surface area contributed by atoms with Gasteiger partial charge in [-0.2, -0.15) is 0 Å². The Labute approximate surface area is 58.1 Å². The third-order valence-corrected chi connectivity index (χ3v) is 1.24. The first-order chi connectivity index (χ1) is 4.66. The second-order valence-electron chi connectivity index (χ2n) is 1.92. The Morgan fingerprint density at radius 2 is 2.30 bits per heavy atom. The summed E-state index contributed by atoms with van der Waals surface area (Å²) in [7, 11) is 0. The molecule has 1 heterocycles. The minimum absolute atomic E-state index is 0.361. The van der Waals surface area contributed by atoms with Gasteiger partial charge in [-0.05, 0) is 6.92 Å². The predicted octanol–water partition coefficient (Wildman–Crippen LogP) is 0.497. The minimum atomic E-state index is -0.662. The van der Waals surface area contributed by atoms with Crippen molar-refractivity contribution in [3.05, 3.63) is 12.8 Å². The third kappa shape index (κ3) is 0.775. The number of amides is 2. The quantitative estimate of drug-likeness (QED) is 0.534. The summed E-state index contributed by atoms with van der Waals surface area (Å²) in [6, 6.07) is 0. The van der Waals surface area contributed by atoms with Crippen LogP contribution >= 0.6 is 0 Å². The lowest BCUT2D eigenvalue weighted by atomic mass is 10.4. The van der Waals surface area contributed by atoms with E-state index in [1.165, 1.54) is 6.92 Å². The normalized spacial score (nSPS) is 24.9. The van der Waals surface area contributed by atoms with Crippen LogP contribution in [-0.2, 0) is 9.53 Å². The van der Waals surface area contributed by atoms with Gasteiger partial charge in [-0.15, -0.1) is 0 Å². The lowest BCUT2D eigenvalue weighted by molar-refractivity contribution is -0.127. The fourth-order valence-corrected chi connectivity index (χ4v) is 0.709. The number of carbonyl (C=O) groups excluding carboxylic acids is 2. The first kappa shape index (κ1) is 6.80. The van der Waals surface area contributed by atoms with Crippen LogP contribution < -0.4 is 0 Å². The second kappa shape index (κ2) is 2.13. The van der Waals surface area contributed by atoms with E-state index in [2.05, 4.69) is 11.3 Å². The molecule has 2 amide bonds. The molecule has 0 aromatic heterocycles. The smallest absolute Gasteiger partial charge is 0.421 e. The summed E-state index contributed by atoms with van der Waals surface area (Å²) in [5, 5.41) is 0. The summed E-state index contributed by atoms with van der Waals surface area (Å²) in [5.74, 6) is -0.361. The molecule has 1 aliphatic heterocycles. The van der Waals surface area contributed by atoms with Gasteiger partial charge < -0.3 is 4.74 Å². The van der Waals surface area contributed by atoms with E-state index < -0.39 is 12.2 Å². The molecule has 1 rings (SSSR count). The molecule has 0 bridgehead atoms. The summed E-state index contributed by atoms with van der Waals surface area (Å²) in [6.07, 6.45) is -0.160. The van der Waals surface area contributed by atoms with Crippen LogP contribution in [0.4, 0.5) is 4.79 Å². The van der Waals surface area contributed by atoms with Crippen LogP contribution in [0.2, 0.25) is 0 Å². The van der Waals surface area contributed by atoms with Crippen LogP contribution in [0.5, 0.6) is 0 Å². The first-order valence-electron chi connectivity index (χ1n) is 2.83. The van der Waals surface area contributed by atoms with Crippen LogP contribution in [0.25, 0.3) is 0 Å². The number of imide groups is 1. The lowest BCUT2D eigenvalue weighted by Gasteiger charge is -1.99. The molecular formula is C6H7NO3. The van der Waals surface area contributed by atoms with Gasteiger partial charge in [-0.1, -0.05) is 6.58 Å². The average Bonchev–Trinajstić information content (AvgIpc) is 2.09. The van der Waals surface area contributed by atoms with E-state index in [9.17, 15) is 9.59 Å². The van der Waals surface area contributed by atoms with E-state index in [1.807, 2.05) is 0 Å². The highest BCUT2D eigenvalue weighted by Crippen LogP contribution is 2.11. The Kier molecular flexibility index (Phi) is 1.45. The molecule has 4 nitrogen and oxygen atoms in total. The van der Waals surface area contributed by atoms with Crippen molar-refractivity contribution in [2.45, 2.75) is 13.0 Å². The molecule has 1 atom stereocenters. The number of ether oxygens (including phenoxy) is 1. The van der Waals surface area contributed by atoms with Gasteiger partial charge in [0.25, 0.3) is 5.91 Å². The molecule has 0 saturated carbocycles. The zero-order valence-electron chi connectivity index (χ0n) is 5.53. The van der Waals surface area contributed by atoms with E-state index in [0.29, 0.717) is 0 Å². The van der Waals surface area contributed by atoms with Crippen LogP contribution in [0.15, 0.2) is 12.8 Å². The summed E-state index contributed by atoms with van der Waals surface area (Å²) in [6.45, 7) is 4.80. The van der Waals surface area contributed by atoms with Crippen molar-refractivity contribution in [3.63, 3.8) is 0 Å². The van der Waals surface area contributed by atoms with Crippen molar-refractivity contribution in [3.8, 4) is 0 Å². The molecular weight excluding hydrogens is 134 g/mol. The van der Waals surface area contributed by atoms with Crippen molar-refractivity contribution >= 4 is 12.0 Å². The molecule has 1 saturated heterocycles. The Balaban J connectivity index is 2.83. The molecule has 1 unspecified atom stereocenters. The number of nitrogens with zero attached hydrogens (tertiary/aromatic N) is 1. The van der Waals surface area contributed by atoms with Crippen molar-refractivity contribution in [1.29, 1.82) is 0 Å². The maximum absolute atomic E-state index is 10.9. The van der Waals surface area contributed by atoms with Crippen molar-refractivity contribution in [2.24, 2.45) is 0 Å². The number of rotatable bonds is 1. The standard InChI is InChI=1S/C6H7NO3/c1-3-7-5(8)4(2)10-6(7)9/h3-4H,1H2,2H3. The topological polar surface area (TPSA) is 46.6 Å². The van der Waals surface area contributed by atoms with Gasteiger partial charge in [0.05, 0.1) is 0 Å². The number of hydrogen-bond acceptors (Lipinski definition) is 3. The largest absolute Gasteiger partial charge is 0.436 e. The van der Waals surface area contributed by atoms with Gasteiger partial charge in [0.1, 0.15) is 0 Å². The molecule has 1 aliphatic rings. The Bertz CT molecular complexity index is 199. The Hall–Kier alpha value is -1.32. The van der Waals surface area contributed by atoms with E-state index in [0.717, 1.165) is 11.1 Å². The van der Waals surface area contributed by atoms with E-state index in [1.54, 1.807) is 0 Å². The summed E-state index contributed by atoms with van der Waals surface area (Å²) < 4.78 is 4.54. The summed E-state index contributed by atoms with van der Waals surface area (Å²) in [4.78, 5) is 22.3. The molecule has 0 N–H and O–H groups in total. The molecule has 4 heteroatoms. The predicted molar refractivity (Wildman–Crippen MR) is 33.0 cm³/mol. The van der Waals surface area contributed by atoms with Gasteiger partial charge in [-0.25, -0.2) is 9.69 Å². The fourth-order valence-electron chi connectivity index (χ4n) is 0.709. The van der Waals surface area contributed by atoms with Crippen LogP contribution in [0.3, 0.4) is 0 Å². The number of carbonyl (C=O) groups is 2. The summed E-state index contributed by atoms with van der Waals surface area (Å²) in [5.41, 5.74) is 0. The maximum Gasteiger partial charge on any atom is 0.421 e. The summed E-state index contributed by atoms with van der Waals surface area (Å²) >= 11 is 0. The number of cyclic esters (lactones) is 1. The average molecular weight is 141 g/mol. The van der Waals surface area contributed by atoms with Gasteiger partial charge >= 0.3 is 6.09 Å². The van der Waals surface area contributed by atoms with Gasteiger partial charge in [-0.3, -0.25) is 4.79 Å². The van der Waals surface area contributed by atoms with E-state index in [-0.39, 0.29) is 5.91 Å². The maximum atomic E-state index is 10.9. The minimum Gasteiger partial charge on any atom is -0.436 e. The molecule has 0 aromatic rings. The molecule has 0 spiro atoms. The molecule has 1 fully saturated rings. The SMILES string of the molecule is C=CN1C(=O)OC(C)C1=O. The van der Waals surface area contributed by atoms with Crippen LogP contribution in [-0.4, -0.2) is 23.0 Å². The zero-order valence-corrected chi connectivity index (χ0v) is 5.53. The molecule has 54 valence electrons. The van der Waals surface area contributed by atoms with E-state index >= 15 is 0 Å². The Morgan fingerprint density at radius 3 is 2.50 bits per heavy atom. The van der Waals surface area contributed by atoms with Crippen LogP contribution in [0.1, 0.15) is 6.92 Å². The first-order valence-corrected chi connectivity index (χ1v) is 2.83. The highest BCUT2D eigenvalue weighted by atomic mass is 16.6. The molecule has 0 aliphatic carbocycles. The molecule has 0 aromatic carbocycles. The van der Waals surface area contributed by atoms with E-state index in [4.69, 9.17) is 0 Å². The fraction of sp³-hybridized carbons (Fsp3) is 0.333. The molecule has 0 radical (unpaired) electrons. The van der Waals surface area contributed by atoms with Gasteiger partial charge in [0, 0.05) is 6.20 Å². The van der Waals surface area contributed by atoms with Crippen molar-refractivity contribution in [2.75, 3.05) is 0 Å². The van der Waals surface area contributed by atoms with Crippen molar-refractivity contribution < 1.29 is 14.3 Å². The third-order valence-electron chi connectivity index (χ3n) is 1.24. The lowest BCUT2D eigenvalue weighted by Crippen LogP contribution is -2.24. The van der Waals surface area contributed by atoms with Crippen molar-refractivity contribution in [1.82, 2.24) is 4.90 Å². The zero-order chi connectivity index (χ0) is 7.72. The van der Waals surface area contributed by atoms with Crippen LogP contribution in [0, 0.1) is 0 Å². The molecule has 10 heavy (non-hydrogen) atoms. The monoisotopic (exact) mass is 141 g/mol. The van der Waals surface area contributed by atoms with Gasteiger partial charge in [0.15, 0.2) is 6.10 Å². The number of hydrogen-bond donors (Lipinski definition) is 0. The highest BCUT2D eigenvalue weighted by Gasteiger charge is 2.35.